The lowest BCUT2D eigenvalue weighted by atomic mass is 10.1. The molecule has 1 aromatic carbocycles. The van der Waals surface area contributed by atoms with Crippen LogP contribution < -0.4 is 14.8 Å². The molecule has 5 nitrogen and oxygen atoms in total. The number of alkyl halides is 2. The third kappa shape index (κ3) is 5.59. The van der Waals surface area contributed by atoms with Gasteiger partial charge in [-0.3, -0.25) is 4.79 Å². The SMILES string of the molecule is COc1cc(C(C)NC(=O)c2cccnc2SC(F)F)ccc1OC1CCCC1. The first-order valence-electron chi connectivity index (χ1n) is 9.53. The van der Waals surface area contributed by atoms with Crippen LogP contribution in [0.2, 0.25) is 0 Å². The van der Waals surface area contributed by atoms with Crippen molar-refractivity contribution >= 4 is 17.7 Å². The summed E-state index contributed by atoms with van der Waals surface area (Å²) in [5.74, 6) is -1.82. The number of halogens is 2. The molecule has 1 saturated carbocycles. The molecule has 1 atom stereocenters. The van der Waals surface area contributed by atoms with Crippen LogP contribution in [0.4, 0.5) is 8.78 Å². The van der Waals surface area contributed by atoms with Crippen molar-refractivity contribution in [3.05, 3.63) is 47.7 Å². The minimum atomic E-state index is -2.65. The van der Waals surface area contributed by atoms with Crippen LogP contribution in [0.1, 0.15) is 54.6 Å². The minimum absolute atomic E-state index is 0.00471. The van der Waals surface area contributed by atoms with Gasteiger partial charge in [0.05, 0.1) is 24.8 Å². The Balaban J connectivity index is 1.71. The predicted octanol–water partition coefficient (Wildman–Crippen LogP) is 5.22. The molecule has 156 valence electrons. The molecule has 1 aliphatic carbocycles. The maximum absolute atomic E-state index is 12.7. The van der Waals surface area contributed by atoms with Crippen molar-refractivity contribution in [2.45, 2.75) is 55.5 Å². The monoisotopic (exact) mass is 422 g/mol. The van der Waals surface area contributed by atoms with Gasteiger partial charge in [-0.05, 0) is 74.2 Å². The molecule has 1 fully saturated rings. The summed E-state index contributed by atoms with van der Waals surface area (Å²) in [6.45, 7) is 1.82. The van der Waals surface area contributed by atoms with Crippen LogP contribution in [-0.2, 0) is 0 Å². The van der Waals surface area contributed by atoms with Gasteiger partial charge in [0.1, 0.15) is 5.03 Å². The van der Waals surface area contributed by atoms with E-state index in [-0.39, 0.29) is 34.5 Å². The summed E-state index contributed by atoms with van der Waals surface area (Å²) < 4.78 is 37.0. The van der Waals surface area contributed by atoms with E-state index in [0.29, 0.717) is 11.5 Å². The molecule has 0 aliphatic heterocycles. The zero-order valence-corrected chi connectivity index (χ0v) is 17.2. The molecule has 3 rings (SSSR count). The highest BCUT2D eigenvalue weighted by molar-refractivity contribution is 7.99. The van der Waals surface area contributed by atoms with Gasteiger partial charge in [0, 0.05) is 6.20 Å². The Kier molecular flexibility index (Phi) is 7.30. The van der Waals surface area contributed by atoms with E-state index in [1.807, 2.05) is 25.1 Å². The maximum atomic E-state index is 12.7. The average molecular weight is 422 g/mol. The second kappa shape index (κ2) is 9.91. The number of pyridine rings is 1. The lowest BCUT2D eigenvalue weighted by Crippen LogP contribution is -2.27. The van der Waals surface area contributed by atoms with Gasteiger partial charge in [-0.25, -0.2) is 4.98 Å². The van der Waals surface area contributed by atoms with Crippen molar-refractivity contribution in [1.29, 1.82) is 0 Å². The van der Waals surface area contributed by atoms with Gasteiger partial charge in [-0.1, -0.05) is 6.07 Å². The summed E-state index contributed by atoms with van der Waals surface area (Å²) in [5, 5.41) is 2.84. The zero-order valence-electron chi connectivity index (χ0n) is 16.4. The molecule has 29 heavy (non-hydrogen) atoms. The fraction of sp³-hybridized carbons (Fsp3) is 0.429. The molecule has 1 aromatic heterocycles. The van der Waals surface area contributed by atoms with Crippen molar-refractivity contribution in [2.75, 3.05) is 7.11 Å². The zero-order chi connectivity index (χ0) is 20.8. The van der Waals surface area contributed by atoms with Crippen LogP contribution in [-0.4, -0.2) is 29.9 Å². The first kappa shape index (κ1) is 21.4. The largest absolute Gasteiger partial charge is 0.493 e. The van der Waals surface area contributed by atoms with Crippen molar-refractivity contribution in [2.24, 2.45) is 0 Å². The van der Waals surface area contributed by atoms with E-state index in [2.05, 4.69) is 10.3 Å². The Morgan fingerprint density at radius 3 is 2.69 bits per heavy atom. The van der Waals surface area contributed by atoms with E-state index < -0.39 is 11.7 Å². The Morgan fingerprint density at radius 2 is 2.00 bits per heavy atom. The van der Waals surface area contributed by atoms with E-state index in [1.54, 1.807) is 13.2 Å². The van der Waals surface area contributed by atoms with Gasteiger partial charge in [0.15, 0.2) is 11.5 Å². The van der Waals surface area contributed by atoms with Crippen molar-refractivity contribution in [3.63, 3.8) is 0 Å². The number of aromatic nitrogens is 1. The van der Waals surface area contributed by atoms with Crippen LogP contribution in [0, 0.1) is 0 Å². The Hall–Kier alpha value is -2.35. The topological polar surface area (TPSA) is 60.5 Å². The summed E-state index contributed by atoms with van der Waals surface area (Å²) in [5.41, 5.74) is 0.943. The number of nitrogens with zero attached hydrogens (tertiary/aromatic N) is 1. The maximum Gasteiger partial charge on any atom is 0.290 e. The second-order valence-corrected chi connectivity index (χ2v) is 7.84. The number of carbonyl (C=O) groups excluding carboxylic acids is 1. The molecule has 8 heteroatoms. The fourth-order valence-corrected chi connectivity index (χ4v) is 3.91. The molecule has 2 aromatic rings. The Labute approximate surface area is 173 Å². The highest BCUT2D eigenvalue weighted by Crippen LogP contribution is 2.34. The Morgan fingerprint density at radius 1 is 1.24 bits per heavy atom. The van der Waals surface area contributed by atoms with E-state index in [0.717, 1.165) is 18.4 Å². The van der Waals surface area contributed by atoms with Gasteiger partial charge in [-0.2, -0.15) is 8.78 Å². The highest BCUT2D eigenvalue weighted by Gasteiger charge is 2.21. The number of hydrogen-bond acceptors (Lipinski definition) is 5. The van der Waals surface area contributed by atoms with E-state index in [1.165, 1.54) is 25.1 Å². The molecule has 1 heterocycles. The second-order valence-electron chi connectivity index (χ2n) is 6.86. The summed E-state index contributed by atoms with van der Waals surface area (Å²) in [7, 11) is 1.58. The van der Waals surface area contributed by atoms with E-state index in [9.17, 15) is 13.6 Å². The number of hydrogen-bond donors (Lipinski definition) is 1. The Bertz CT molecular complexity index is 844. The number of amides is 1. The summed E-state index contributed by atoms with van der Waals surface area (Å²) >= 11 is 0.257. The third-order valence-electron chi connectivity index (χ3n) is 4.85. The molecule has 0 radical (unpaired) electrons. The van der Waals surface area contributed by atoms with Gasteiger partial charge in [0.2, 0.25) is 0 Å². The molecular formula is C21H24F2N2O3S. The van der Waals surface area contributed by atoms with E-state index in [4.69, 9.17) is 9.47 Å². The van der Waals surface area contributed by atoms with Crippen LogP contribution in [0.3, 0.4) is 0 Å². The number of benzene rings is 1. The quantitative estimate of drug-likeness (QED) is 0.591. The molecule has 0 spiro atoms. The lowest BCUT2D eigenvalue weighted by Gasteiger charge is -2.19. The van der Waals surface area contributed by atoms with Crippen LogP contribution in [0.25, 0.3) is 0 Å². The molecule has 1 aliphatic rings. The fourth-order valence-electron chi connectivity index (χ4n) is 3.34. The molecule has 1 unspecified atom stereocenters. The molecule has 1 N–H and O–H groups in total. The number of methoxy groups -OCH3 is 1. The number of carbonyl (C=O) groups is 1. The molecule has 1 amide bonds. The molecule has 0 saturated heterocycles. The number of thioether (sulfide) groups is 1. The van der Waals surface area contributed by atoms with Gasteiger partial charge < -0.3 is 14.8 Å². The smallest absolute Gasteiger partial charge is 0.290 e. The summed E-state index contributed by atoms with van der Waals surface area (Å²) in [4.78, 5) is 16.5. The lowest BCUT2D eigenvalue weighted by molar-refractivity contribution is 0.0936. The van der Waals surface area contributed by atoms with Crippen molar-refractivity contribution in [3.8, 4) is 11.5 Å². The van der Waals surface area contributed by atoms with Crippen LogP contribution >= 0.6 is 11.8 Å². The van der Waals surface area contributed by atoms with Crippen LogP contribution in [0.15, 0.2) is 41.6 Å². The third-order valence-corrected chi connectivity index (χ3v) is 5.57. The van der Waals surface area contributed by atoms with Gasteiger partial charge >= 0.3 is 0 Å². The highest BCUT2D eigenvalue weighted by atomic mass is 32.2. The summed E-state index contributed by atoms with van der Waals surface area (Å²) in [6, 6.07) is 8.22. The van der Waals surface area contributed by atoms with Crippen molar-refractivity contribution in [1.82, 2.24) is 10.3 Å². The molecule has 0 bridgehead atoms. The first-order chi connectivity index (χ1) is 14.0. The molecular weight excluding hydrogens is 398 g/mol. The van der Waals surface area contributed by atoms with Crippen molar-refractivity contribution < 1.29 is 23.0 Å². The minimum Gasteiger partial charge on any atom is -0.493 e. The van der Waals surface area contributed by atoms with Gasteiger partial charge in [0.25, 0.3) is 11.7 Å². The van der Waals surface area contributed by atoms with Crippen LogP contribution in [0.5, 0.6) is 11.5 Å². The average Bonchev–Trinajstić information content (AvgIpc) is 3.21. The number of ether oxygens (including phenoxy) is 2. The first-order valence-corrected chi connectivity index (χ1v) is 10.4. The van der Waals surface area contributed by atoms with E-state index >= 15 is 0 Å². The standard InChI is InChI=1S/C21H24F2N2O3S/c1-13(25-19(26)16-8-5-11-24-20(16)29-21(22)23)14-9-10-17(18(12-14)27-2)28-15-6-3-4-7-15/h5,8-13,15,21H,3-4,6-7H2,1-2H3,(H,25,26). The normalized spacial score (nSPS) is 15.3. The van der Waals surface area contributed by atoms with Gasteiger partial charge in [-0.15, -0.1) is 0 Å². The number of rotatable bonds is 8. The summed E-state index contributed by atoms with van der Waals surface area (Å²) in [6.07, 6.45) is 6.04. The number of nitrogens with one attached hydrogen (secondary N) is 1. The predicted molar refractivity (Wildman–Crippen MR) is 108 cm³/mol.